The molecule has 0 aliphatic heterocycles. The van der Waals surface area contributed by atoms with Crippen LogP contribution in [0.1, 0.15) is 19.4 Å². The van der Waals surface area contributed by atoms with Gasteiger partial charge in [-0.2, -0.15) is 0 Å². The van der Waals surface area contributed by atoms with Gasteiger partial charge in [-0.15, -0.1) is 0 Å². The van der Waals surface area contributed by atoms with Gasteiger partial charge in [0.15, 0.2) is 0 Å². The topological polar surface area (TPSA) is 12.9 Å². The second kappa shape index (κ2) is 4.89. The number of rotatable bonds is 2. The van der Waals surface area contributed by atoms with Crippen LogP contribution in [0.2, 0.25) is 19.6 Å². The maximum absolute atomic E-state index is 14.7. The van der Waals surface area contributed by atoms with Gasteiger partial charge in [-0.05, 0) is 42.2 Å². The summed E-state index contributed by atoms with van der Waals surface area (Å²) in [7, 11) is -1.97. The van der Waals surface area contributed by atoms with Crippen LogP contribution in [-0.2, 0) is 0 Å². The Bertz CT molecular complexity index is 793. The average Bonchev–Trinajstić information content (AvgIpc) is 2.43. The summed E-state index contributed by atoms with van der Waals surface area (Å²) in [5, 5.41) is 0.684. The predicted octanol–water partition coefficient (Wildman–Crippen LogP) is 4.05. The molecule has 1 nitrogen and oxygen atoms in total. The molecule has 2 rings (SSSR count). The molecule has 0 bridgehead atoms. The molecule has 100 valence electrons. The summed E-state index contributed by atoms with van der Waals surface area (Å²) in [5.74, 6) is -0.896. The molecule has 0 N–H and O–H groups in total. The molecule has 0 radical (unpaired) electrons. The van der Waals surface area contributed by atoms with Gasteiger partial charge in [-0.3, -0.25) is 4.98 Å². The number of aromatic nitrogens is 1. The standard InChI is InChI=1S/C16H20FNSi/c1-11-7-6-8-13(16(11)17)14-9-12(2)15(10-18-14)19(3,4)5/h6-10H,1-5H3/i1D3,2D3. The van der Waals surface area contributed by atoms with Crippen LogP contribution in [0.3, 0.4) is 0 Å². The summed E-state index contributed by atoms with van der Waals surface area (Å²) in [4.78, 5) is 4.23. The number of pyridine rings is 1. The molecule has 0 atom stereocenters. The van der Waals surface area contributed by atoms with E-state index in [0.29, 0.717) is 5.19 Å². The minimum atomic E-state index is -2.59. The summed E-state index contributed by atoms with van der Waals surface area (Å²) >= 11 is 0. The molecule has 0 saturated carbocycles. The van der Waals surface area contributed by atoms with Crippen LogP contribution in [0.4, 0.5) is 4.39 Å². The Hall–Kier alpha value is -1.48. The molecule has 3 heteroatoms. The van der Waals surface area contributed by atoms with E-state index in [4.69, 9.17) is 8.22 Å². The average molecular weight is 279 g/mol. The fraction of sp³-hybridized carbons (Fsp3) is 0.312. The van der Waals surface area contributed by atoms with E-state index in [2.05, 4.69) is 4.98 Å². The zero-order chi connectivity index (χ0) is 19.2. The van der Waals surface area contributed by atoms with Gasteiger partial charge in [0.1, 0.15) is 5.82 Å². The van der Waals surface area contributed by atoms with Gasteiger partial charge in [-0.1, -0.05) is 31.8 Å². The monoisotopic (exact) mass is 279 g/mol. The van der Waals surface area contributed by atoms with E-state index in [9.17, 15) is 4.39 Å². The minimum Gasteiger partial charge on any atom is -0.256 e. The van der Waals surface area contributed by atoms with Crippen LogP contribution < -0.4 is 5.19 Å². The number of aryl methyl sites for hydroxylation is 2. The highest BCUT2D eigenvalue weighted by atomic mass is 28.3. The van der Waals surface area contributed by atoms with Crippen molar-refractivity contribution in [3.05, 3.63) is 47.4 Å². The molecule has 0 aliphatic carbocycles. The first kappa shape index (κ1) is 7.95. The van der Waals surface area contributed by atoms with Crippen molar-refractivity contribution in [3.63, 3.8) is 0 Å². The highest BCUT2D eigenvalue weighted by Gasteiger charge is 2.20. The number of benzene rings is 1. The normalized spacial score (nSPS) is 17.7. The molecular formula is C16H20FNSi. The molecule has 0 aliphatic rings. The smallest absolute Gasteiger partial charge is 0.135 e. The molecular weight excluding hydrogens is 253 g/mol. The van der Waals surface area contributed by atoms with Crippen molar-refractivity contribution in [2.75, 3.05) is 0 Å². The molecule has 19 heavy (non-hydrogen) atoms. The van der Waals surface area contributed by atoms with Gasteiger partial charge in [0.2, 0.25) is 0 Å². The lowest BCUT2D eigenvalue weighted by molar-refractivity contribution is 0.621. The summed E-state index contributed by atoms with van der Waals surface area (Å²) in [5.41, 5.74) is -0.148. The van der Waals surface area contributed by atoms with Crippen LogP contribution in [0.5, 0.6) is 0 Å². The predicted molar refractivity (Wildman–Crippen MR) is 82.1 cm³/mol. The number of hydrogen-bond donors (Lipinski definition) is 0. The van der Waals surface area contributed by atoms with Gasteiger partial charge in [-0.25, -0.2) is 4.39 Å². The minimum absolute atomic E-state index is 0.0127. The van der Waals surface area contributed by atoms with E-state index in [0.717, 1.165) is 0 Å². The van der Waals surface area contributed by atoms with Gasteiger partial charge >= 0.3 is 0 Å². The Morgan fingerprint density at radius 2 is 1.89 bits per heavy atom. The Kier molecular flexibility index (Phi) is 2.05. The summed E-state index contributed by atoms with van der Waals surface area (Å²) in [6.07, 6.45) is 1.49. The lowest BCUT2D eigenvalue weighted by Gasteiger charge is -2.19. The molecule has 1 aromatic carbocycles. The van der Waals surface area contributed by atoms with E-state index in [1.807, 2.05) is 19.6 Å². The van der Waals surface area contributed by atoms with Crippen LogP contribution in [0.25, 0.3) is 11.3 Å². The number of hydrogen-bond acceptors (Lipinski definition) is 1. The van der Waals surface area contributed by atoms with Crippen molar-refractivity contribution < 1.29 is 12.6 Å². The van der Waals surface area contributed by atoms with Crippen LogP contribution in [-0.4, -0.2) is 13.1 Å². The third-order valence-electron chi connectivity index (χ3n) is 2.99. The van der Waals surface area contributed by atoms with Crippen LogP contribution in [0.15, 0.2) is 30.5 Å². The van der Waals surface area contributed by atoms with Crippen molar-refractivity contribution in [3.8, 4) is 11.3 Å². The van der Waals surface area contributed by atoms with E-state index in [1.165, 1.54) is 30.5 Å². The fourth-order valence-electron chi connectivity index (χ4n) is 1.93. The first-order chi connectivity index (χ1) is 11.2. The van der Waals surface area contributed by atoms with Crippen LogP contribution >= 0.6 is 0 Å². The third kappa shape index (κ3) is 2.76. The van der Waals surface area contributed by atoms with Gasteiger partial charge < -0.3 is 0 Å². The molecule has 1 heterocycles. The maximum Gasteiger partial charge on any atom is 0.135 e. The SMILES string of the molecule is [2H]C([2H])([2H])c1cc(-c2cccc(C([2H])([2H])[2H])c2F)ncc1[Si](C)(C)C. The van der Waals surface area contributed by atoms with Crippen LogP contribution in [0, 0.1) is 19.5 Å². The summed E-state index contributed by atoms with van der Waals surface area (Å²) in [6.45, 7) is 1.08. The summed E-state index contributed by atoms with van der Waals surface area (Å²) < 4.78 is 60.3. The molecule has 0 amide bonds. The molecule has 0 saturated heterocycles. The van der Waals surface area contributed by atoms with E-state index in [-0.39, 0.29) is 16.8 Å². The molecule has 2 aromatic rings. The van der Waals surface area contributed by atoms with Gasteiger partial charge in [0.05, 0.1) is 13.8 Å². The highest BCUT2D eigenvalue weighted by Crippen LogP contribution is 2.23. The highest BCUT2D eigenvalue weighted by molar-refractivity contribution is 6.89. The molecule has 1 aromatic heterocycles. The van der Waals surface area contributed by atoms with Crippen molar-refractivity contribution in [1.29, 1.82) is 0 Å². The third-order valence-corrected chi connectivity index (χ3v) is 5.00. The quantitative estimate of drug-likeness (QED) is 0.756. The Balaban J connectivity index is 2.71. The van der Waals surface area contributed by atoms with Crippen molar-refractivity contribution in [1.82, 2.24) is 4.98 Å². The summed E-state index contributed by atoms with van der Waals surface area (Å²) in [6, 6.07) is 5.41. The van der Waals surface area contributed by atoms with Crippen molar-refractivity contribution in [2.24, 2.45) is 0 Å². The van der Waals surface area contributed by atoms with E-state index < -0.39 is 33.2 Å². The van der Waals surface area contributed by atoms with Gasteiger partial charge in [0.25, 0.3) is 0 Å². The Labute approximate surface area is 124 Å². The zero-order valence-electron chi connectivity index (χ0n) is 17.2. The van der Waals surface area contributed by atoms with Gasteiger partial charge in [0, 0.05) is 20.0 Å². The van der Waals surface area contributed by atoms with E-state index in [1.54, 1.807) is 0 Å². The van der Waals surface area contributed by atoms with E-state index >= 15 is 0 Å². The van der Waals surface area contributed by atoms with Crippen molar-refractivity contribution >= 4 is 13.3 Å². The second-order valence-corrected chi connectivity index (χ2v) is 10.6. The lowest BCUT2D eigenvalue weighted by atomic mass is 10.1. The fourth-order valence-corrected chi connectivity index (χ4v) is 3.26. The number of halogens is 1. The zero-order valence-corrected chi connectivity index (χ0v) is 12.2. The van der Waals surface area contributed by atoms with Crippen molar-refractivity contribution in [2.45, 2.75) is 33.3 Å². The second-order valence-electron chi connectivity index (χ2n) is 5.53. The first-order valence-electron chi connectivity index (χ1n) is 9.03. The molecule has 0 unspecified atom stereocenters. The molecule has 0 spiro atoms. The maximum atomic E-state index is 14.7. The lowest BCUT2D eigenvalue weighted by Crippen LogP contribution is -2.39. The number of nitrogens with zero attached hydrogens (tertiary/aromatic N) is 1. The Morgan fingerprint density at radius 1 is 1.16 bits per heavy atom. The largest absolute Gasteiger partial charge is 0.256 e. The molecule has 0 fully saturated rings. The first-order valence-corrected chi connectivity index (χ1v) is 9.53. The Morgan fingerprint density at radius 3 is 2.53 bits per heavy atom.